The minimum atomic E-state index is -1.92. The van der Waals surface area contributed by atoms with Crippen LogP contribution in [0.25, 0.3) is 0 Å². The molecule has 2 aromatic rings. The lowest BCUT2D eigenvalue weighted by Crippen LogP contribution is -2.41. The predicted molar refractivity (Wildman–Crippen MR) is 201 cm³/mol. The Labute approximate surface area is 304 Å². The Morgan fingerprint density at radius 2 is 1.16 bits per heavy atom. The van der Waals surface area contributed by atoms with Crippen molar-refractivity contribution in [2.24, 2.45) is 10.8 Å². The van der Waals surface area contributed by atoms with E-state index in [1.54, 1.807) is 4.90 Å². The molecule has 0 saturated carbocycles. The molecule has 274 valence electrons. The van der Waals surface area contributed by atoms with Crippen molar-refractivity contribution in [3.05, 3.63) is 33.1 Å². The number of hydrogen-bond acceptors (Lipinski definition) is 10. The highest BCUT2D eigenvalue weighted by Crippen LogP contribution is 2.45. The van der Waals surface area contributed by atoms with Crippen LogP contribution in [0.15, 0.2) is 0 Å². The van der Waals surface area contributed by atoms with Crippen molar-refractivity contribution in [3.63, 3.8) is 0 Å². The van der Waals surface area contributed by atoms with Gasteiger partial charge in [0.25, 0.3) is 0 Å². The first-order valence-corrected chi connectivity index (χ1v) is 20.9. The van der Waals surface area contributed by atoms with E-state index < -0.39 is 14.4 Å². The first kappa shape index (κ1) is 41.2. The second kappa shape index (κ2) is 15.6. The zero-order valence-corrected chi connectivity index (χ0v) is 34.4. The molecule has 0 radical (unpaired) electrons. The van der Waals surface area contributed by atoms with Gasteiger partial charge in [-0.15, -0.1) is 0 Å². The number of aliphatic hydroxyl groups is 1. The number of likely N-dealkylation sites (N-methyl/N-ethyl adjacent to an activating group) is 2. The van der Waals surface area contributed by atoms with Crippen molar-refractivity contribution in [2.75, 3.05) is 37.0 Å². The molecule has 0 bridgehead atoms. The molecule has 2 atom stereocenters. The van der Waals surface area contributed by atoms with Crippen LogP contribution in [0, 0.1) is 10.8 Å². The Morgan fingerprint density at radius 3 is 1.59 bits per heavy atom. The zero-order chi connectivity index (χ0) is 37.3. The van der Waals surface area contributed by atoms with Gasteiger partial charge < -0.3 is 19.3 Å². The van der Waals surface area contributed by atoms with E-state index in [-0.39, 0.29) is 50.7 Å². The maximum atomic E-state index is 12.5. The Bertz CT molecular complexity index is 1520. The van der Waals surface area contributed by atoms with Crippen LogP contribution in [0.4, 0.5) is 11.6 Å². The van der Waals surface area contributed by atoms with Gasteiger partial charge in [0, 0.05) is 38.1 Å². The molecule has 0 aliphatic heterocycles. The highest BCUT2D eigenvalue weighted by atomic mass is 35.5. The van der Waals surface area contributed by atoms with Crippen molar-refractivity contribution >= 4 is 54.7 Å². The van der Waals surface area contributed by atoms with Crippen molar-refractivity contribution in [1.29, 1.82) is 0 Å². The summed E-state index contributed by atoms with van der Waals surface area (Å²) in [5.41, 5.74) is 3.41. The van der Waals surface area contributed by atoms with Gasteiger partial charge in [0.2, 0.25) is 10.6 Å². The number of halogens is 2. The molecule has 0 aromatic carbocycles. The Hall–Kier alpha value is -2.18. The molecule has 49 heavy (non-hydrogen) atoms. The number of hydrogen-bond donors (Lipinski definition) is 1. The lowest BCUT2D eigenvalue weighted by Gasteiger charge is -2.38. The van der Waals surface area contributed by atoms with Gasteiger partial charge in [-0.05, 0) is 77.8 Å². The van der Waals surface area contributed by atoms with E-state index in [9.17, 15) is 14.7 Å². The van der Waals surface area contributed by atoms with Gasteiger partial charge in [0.05, 0.1) is 36.7 Å². The number of Topliss-reactive ketones (excluding diaryl/α,β-unsaturated/α-hetero) is 2. The monoisotopic (exact) mass is 736 g/mol. The van der Waals surface area contributed by atoms with Crippen LogP contribution >= 0.6 is 23.2 Å². The van der Waals surface area contributed by atoms with Crippen LogP contribution in [-0.2, 0) is 26.9 Å². The fourth-order valence-electron chi connectivity index (χ4n) is 6.03. The molecule has 0 fully saturated rings. The fourth-order valence-corrected chi connectivity index (χ4v) is 7.66. The van der Waals surface area contributed by atoms with Gasteiger partial charge in [-0.1, -0.05) is 62.3 Å². The van der Waals surface area contributed by atoms with E-state index in [0.717, 1.165) is 35.5 Å². The summed E-state index contributed by atoms with van der Waals surface area (Å²) in [7, 11) is 1.80. The molecule has 0 spiro atoms. The molecule has 0 saturated heterocycles. The zero-order valence-electron chi connectivity index (χ0n) is 31.9. The van der Waals surface area contributed by atoms with Crippen LogP contribution in [0.3, 0.4) is 0 Å². The molecule has 2 aliphatic carbocycles. The van der Waals surface area contributed by atoms with Crippen LogP contribution < -0.4 is 9.80 Å². The second-order valence-corrected chi connectivity index (χ2v) is 23.0. The summed E-state index contributed by atoms with van der Waals surface area (Å²) in [5, 5.41) is 10.4. The number of ketones is 2. The van der Waals surface area contributed by atoms with E-state index in [1.165, 1.54) is 0 Å². The summed E-state index contributed by atoms with van der Waals surface area (Å²) in [6, 6.07) is 0. The van der Waals surface area contributed by atoms with Crippen LogP contribution in [0.1, 0.15) is 123 Å². The third kappa shape index (κ3) is 11.4. The smallest absolute Gasteiger partial charge is 0.224 e. The summed E-state index contributed by atoms with van der Waals surface area (Å²) in [6.45, 7) is 24.2. The van der Waals surface area contributed by atoms with Gasteiger partial charge in [-0.2, -0.15) is 0 Å². The second-order valence-electron chi connectivity index (χ2n) is 17.6. The standard InChI is InChI=1S/C21H36ClN3O2Si.C15H22ClN3O2/c1-20(2,3)12-14(26)13-25(7)18-15-10-11-16(17(15)23-19(22)24-18)27-28(8,9)21(4,5)6;1-15(2,3)7-9(20)8-19(4)13-10-5-6-11(21)12(10)17-14(16)18-13/h16H,10-13H2,1-9H3;11,21H,5-8H2,1-4H3. The number of fused-ring (bicyclic) bond motifs is 2. The van der Waals surface area contributed by atoms with Crippen molar-refractivity contribution in [2.45, 2.75) is 131 Å². The Kier molecular flexibility index (Phi) is 13.1. The SMILES string of the molecule is CN(CC(=O)CC(C)(C)C)c1nc(Cl)nc2c1CCC2O.CN(CC(=O)CC(C)(C)C)c1nc(Cl)nc2c1CCC2O[Si](C)(C)C(C)(C)C. The molecule has 10 nitrogen and oxygen atoms in total. The molecule has 2 aliphatic rings. The Morgan fingerprint density at radius 1 is 0.755 bits per heavy atom. The minimum Gasteiger partial charge on any atom is -0.408 e. The number of rotatable bonds is 10. The van der Waals surface area contributed by atoms with Crippen molar-refractivity contribution < 1.29 is 19.1 Å². The van der Waals surface area contributed by atoms with Crippen molar-refractivity contribution in [3.8, 4) is 0 Å². The van der Waals surface area contributed by atoms with E-state index in [1.807, 2.05) is 39.8 Å². The molecule has 2 aromatic heterocycles. The maximum Gasteiger partial charge on any atom is 0.224 e. The van der Waals surface area contributed by atoms with Crippen LogP contribution in [0.2, 0.25) is 28.7 Å². The first-order chi connectivity index (χ1) is 22.3. The molecular weight excluding hydrogens is 679 g/mol. The van der Waals surface area contributed by atoms with Crippen molar-refractivity contribution in [1.82, 2.24) is 19.9 Å². The van der Waals surface area contributed by atoms with E-state index in [4.69, 9.17) is 27.6 Å². The summed E-state index contributed by atoms with van der Waals surface area (Å²) >= 11 is 12.2. The van der Waals surface area contributed by atoms with Gasteiger partial charge >= 0.3 is 0 Å². The van der Waals surface area contributed by atoms with Gasteiger partial charge in [0.1, 0.15) is 11.6 Å². The molecular formula is C36H58Cl2N6O4Si. The van der Waals surface area contributed by atoms with Gasteiger partial charge in [0.15, 0.2) is 19.9 Å². The summed E-state index contributed by atoms with van der Waals surface area (Å²) in [5.74, 6) is 1.78. The van der Waals surface area contributed by atoms with E-state index in [2.05, 4.69) is 74.6 Å². The normalized spacial score (nSPS) is 17.6. The molecule has 2 unspecified atom stereocenters. The van der Waals surface area contributed by atoms with Crippen LogP contribution in [0.5, 0.6) is 0 Å². The van der Waals surface area contributed by atoms with Gasteiger partial charge in [-0.25, -0.2) is 19.9 Å². The average molecular weight is 738 g/mol. The number of nitrogens with zero attached hydrogens (tertiary/aromatic N) is 6. The number of aromatic nitrogens is 4. The summed E-state index contributed by atoms with van der Waals surface area (Å²) in [6.07, 6.45) is 3.48. The highest BCUT2D eigenvalue weighted by molar-refractivity contribution is 6.74. The van der Waals surface area contributed by atoms with Gasteiger partial charge in [-0.3, -0.25) is 9.59 Å². The maximum absolute atomic E-state index is 12.5. The lowest BCUT2D eigenvalue weighted by molar-refractivity contribution is -0.120. The number of carbonyl (C=O) groups is 2. The lowest BCUT2D eigenvalue weighted by atomic mass is 9.90. The largest absolute Gasteiger partial charge is 0.408 e. The fraction of sp³-hybridized carbons (Fsp3) is 0.722. The Balaban J connectivity index is 0.000000276. The minimum absolute atomic E-state index is 0.0225. The highest BCUT2D eigenvalue weighted by Gasteiger charge is 2.42. The number of aliphatic hydroxyl groups excluding tert-OH is 1. The summed E-state index contributed by atoms with van der Waals surface area (Å²) < 4.78 is 6.63. The van der Waals surface area contributed by atoms with E-state index >= 15 is 0 Å². The number of carbonyl (C=O) groups excluding carboxylic acids is 2. The molecule has 0 amide bonds. The average Bonchev–Trinajstić information content (AvgIpc) is 3.47. The van der Waals surface area contributed by atoms with Crippen LogP contribution in [-0.4, -0.2) is 72.1 Å². The topological polar surface area (TPSA) is 122 Å². The molecule has 2 heterocycles. The molecule has 13 heteroatoms. The molecule has 1 N–H and O–H groups in total. The third-order valence-electron chi connectivity index (χ3n) is 9.17. The third-order valence-corrected chi connectivity index (χ3v) is 14.0. The quantitative estimate of drug-likeness (QED) is 0.189. The summed E-state index contributed by atoms with van der Waals surface area (Å²) in [4.78, 5) is 45.6. The molecule has 4 rings (SSSR count). The van der Waals surface area contributed by atoms with E-state index in [0.29, 0.717) is 43.7 Å². The first-order valence-electron chi connectivity index (χ1n) is 17.2. The number of anilines is 2. The predicted octanol–water partition coefficient (Wildman–Crippen LogP) is 8.13.